The highest BCUT2D eigenvalue weighted by molar-refractivity contribution is 5.95. The lowest BCUT2D eigenvalue weighted by molar-refractivity contribution is -0.385. The zero-order valence-corrected chi connectivity index (χ0v) is 23.8. The second kappa shape index (κ2) is 13.3. The number of amides is 3. The molecule has 0 saturated heterocycles. The lowest BCUT2D eigenvalue weighted by atomic mass is 9.95. The molecule has 0 aliphatic carbocycles. The number of carbonyl (C=O) groups is 3. The number of urea groups is 1. The van der Waals surface area contributed by atoms with Gasteiger partial charge in [0.1, 0.15) is 11.5 Å². The third-order valence-corrected chi connectivity index (χ3v) is 6.34. The van der Waals surface area contributed by atoms with Crippen molar-refractivity contribution in [2.24, 2.45) is 5.10 Å². The number of nitrogens with zero attached hydrogens (tertiary/aromatic N) is 2. The van der Waals surface area contributed by atoms with Gasteiger partial charge in [-0.05, 0) is 50.6 Å². The van der Waals surface area contributed by atoms with Crippen LogP contribution >= 0.6 is 0 Å². The second-order valence-corrected chi connectivity index (χ2v) is 9.24. The molecule has 2 aromatic carbocycles. The Kier molecular flexibility index (Phi) is 9.40. The number of hydrogen-bond donors (Lipinski definition) is 3. The van der Waals surface area contributed by atoms with Crippen molar-refractivity contribution in [1.29, 1.82) is 0 Å². The number of ether oxygens (including phenoxy) is 3. The van der Waals surface area contributed by atoms with E-state index in [1.165, 1.54) is 19.4 Å². The Balaban J connectivity index is 1.38. The van der Waals surface area contributed by atoms with Crippen LogP contribution in [0.3, 0.4) is 0 Å². The first-order valence-corrected chi connectivity index (χ1v) is 13.0. The summed E-state index contributed by atoms with van der Waals surface area (Å²) >= 11 is 0. The minimum Gasteiger partial charge on any atom is -0.493 e. The molecule has 1 atom stereocenters. The number of rotatable bonds is 11. The molecule has 3 N–H and O–H groups in total. The summed E-state index contributed by atoms with van der Waals surface area (Å²) in [6, 6.07) is 11.5. The predicted octanol–water partition coefficient (Wildman–Crippen LogP) is 3.89. The van der Waals surface area contributed by atoms with Gasteiger partial charge in [0.2, 0.25) is 0 Å². The molecule has 4 rings (SSSR count). The number of benzene rings is 2. The number of furan rings is 1. The molecule has 1 aliphatic heterocycles. The summed E-state index contributed by atoms with van der Waals surface area (Å²) < 4.78 is 21.8. The van der Waals surface area contributed by atoms with E-state index in [0.717, 1.165) is 0 Å². The number of allylic oxidation sites excluding steroid dienone is 1. The van der Waals surface area contributed by atoms with Crippen LogP contribution in [0.25, 0.3) is 11.3 Å². The maximum absolute atomic E-state index is 12.6. The summed E-state index contributed by atoms with van der Waals surface area (Å²) in [7, 11) is 1.41. The second-order valence-electron chi connectivity index (χ2n) is 9.24. The Labute approximate surface area is 245 Å². The van der Waals surface area contributed by atoms with Crippen LogP contribution in [0.1, 0.15) is 36.8 Å². The first kappa shape index (κ1) is 30.3. The number of esters is 1. The zero-order valence-electron chi connectivity index (χ0n) is 23.8. The topological polar surface area (TPSA) is 184 Å². The lowest BCUT2D eigenvalue weighted by Gasteiger charge is -2.28. The number of hydrogen-bond acceptors (Lipinski definition) is 10. The third-order valence-electron chi connectivity index (χ3n) is 6.34. The predicted molar refractivity (Wildman–Crippen MR) is 154 cm³/mol. The van der Waals surface area contributed by atoms with Crippen molar-refractivity contribution in [3.63, 3.8) is 0 Å². The minimum absolute atomic E-state index is 0.0194. The van der Waals surface area contributed by atoms with E-state index in [9.17, 15) is 24.5 Å². The van der Waals surface area contributed by atoms with Crippen molar-refractivity contribution < 1.29 is 37.9 Å². The van der Waals surface area contributed by atoms with Gasteiger partial charge in [-0.15, -0.1) is 0 Å². The summed E-state index contributed by atoms with van der Waals surface area (Å²) in [6.07, 6.45) is 1.28. The SMILES string of the molecule is CCOC(=O)C1=C(C)NC(=O)N[C@@H]1c1ccc(OCC(=O)N/N=C\c2ccc(-c3ccc(C)c([N+](=O)[O-])c3)o2)c(OC)c1. The number of methoxy groups -OCH3 is 1. The maximum Gasteiger partial charge on any atom is 0.338 e. The van der Waals surface area contributed by atoms with Gasteiger partial charge in [0.05, 0.1) is 36.5 Å². The molecule has 1 aromatic heterocycles. The smallest absolute Gasteiger partial charge is 0.338 e. The summed E-state index contributed by atoms with van der Waals surface area (Å²) in [4.78, 5) is 47.8. The van der Waals surface area contributed by atoms with Gasteiger partial charge < -0.3 is 29.3 Å². The number of nitro groups is 1. The van der Waals surface area contributed by atoms with E-state index in [-0.39, 0.29) is 29.4 Å². The van der Waals surface area contributed by atoms with Gasteiger partial charge in [-0.2, -0.15) is 5.10 Å². The van der Waals surface area contributed by atoms with Gasteiger partial charge in [-0.25, -0.2) is 15.0 Å². The van der Waals surface area contributed by atoms with E-state index in [4.69, 9.17) is 18.6 Å². The Morgan fingerprint density at radius 1 is 1.14 bits per heavy atom. The number of aryl methyl sites for hydroxylation is 1. The molecular formula is C29H29N5O9. The van der Waals surface area contributed by atoms with Crippen molar-refractivity contribution in [3.8, 4) is 22.8 Å². The average molecular weight is 592 g/mol. The normalized spacial score (nSPS) is 14.6. The molecule has 3 amide bonds. The molecule has 0 spiro atoms. The first-order valence-electron chi connectivity index (χ1n) is 13.0. The fraction of sp³-hybridized carbons (Fsp3) is 0.241. The Hall–Kier alpha value is -5.66. The molecule has 2 heterocycles. The van der Waals surface area contributed by atoms with Gasteiger partial charge in [0.15, 0.2) is 18.1 Å². The average Bonchev–Trinajstić information content (AvgIpc) is 3.44. The molecule has 1 aliphatic rings. The largest absolute Gasteiger partial charge is 0.493 e. The van der Waals surface area contributed by atoms with Crippen LogP contribution in [0.15, 0.2) is 69.3 Å². The van der Waals surface area contributed by atoms with Gasteiger partial charge in [-0.1, -0.05) is 18.2 Å². The summed E-state index contributed by atoms with van der Waals surface area (Å²) in [6.45, 7) is 4.71. The van der Waals surface area contributed by atoms with Crippen molar-refractivity contribution in [2.45, 2.75) is 26.8 Å². The lowest BCUT2D eigenvalue weighted by Crippen LogP contribution is -2.45. The molecule has 0 unspecified atom stereocenters. The molecule has 43 heavy (non-hydrogen) atoms. The summed E-state index contributed by atoms with van der Waals surface area (Å²) in [5.74, 6) is 0.0804. The van der Waals surface area contributed by atoms with Crippen LogP contribution in [0.2, 0.25) is 0 Å². The molecule has 0 saturated carbocycles. The van der Waals surface area contributed by atoms with Crippen molar-refractivity contribution in [3.05, 3.63) is 86.8 Å². The van der Waals surface area contributed by atoms with Crippen LogP contribution in [0.4, 0.5) is 10.5 Å². The zero-order chi connectivity index (χ0) is 31.1. The number of nitro benzene ring substituents is 1. The first-order chi connectivity index (χ1) is 20.6. The van der Waals surface area contributed by atoms with E-state index < -0.39 is 35.5 Å². The van der Waals surface area contributed by atoms with E-state index in [0.29, 0.717) is 33.9 Å². The minimum atomic E-state index is -0.795. The number of hydrazone groups is 1. The van der Waals surface area contributed by atoms with Gasteiger partial charge in [0.25, 0.3) is 11.6 Å². The molecule has 0 radical (unpaired) electrons. The highest BCUT2D eigenvalue weighted by atomic mass is 16.6. The number of nitrogens with one attached hydrogen (secondary N) is 3. The van der Waals surface area contributed by atoms with Crippen molar-refractivity contribution in [1.82, 2.24) is 16.1 Å². The fourth-order valence-corrected chi connectivity index (χ4v) is 4.29. The quantitative estimate of drug-likeness (QED) is 0.129. The van der Waals surface area contributed by atoms with Crippen molar-refractivity contribution in [2.75, 3.05) is 20.3 Å². The van der Waals surface area contributed by atoms with E-state index >= 15 is 0 Å². The molecule has 3 aromatic rings. The number of carbonyl (C=O) groups excluding carboxylic acids is 3. The highest BCUT2D eigenvalue weighted by Gasteiger charge is 2.32. The highest BCUT2D eigenvalue weighted by Crippen LogP contribution is 2.34. The summed E-state index contributed by atoms with van der Waals surface area (Å²) in [5, 5.41) is 20.4. The molecule has 0 fully saturated rings. The monoisotopic (exact) mass is 591 g/mol. The third kappa shape index (κ3) is 7.16. The molecule has 14 heteroatoms. The Morgan fingerprint density at radius 3 is 2.65 bits per heavy atom. The fourth-order valence-electron chi connectivity index (χ4n) is 4.29. The van der Waals surface area contributed by atoms with Gasteiger partial charge in [0, 0.05) is 22.9 Å². The van der Waals surface area contributed by atoms with E-state index in [1.54, 1.807) is 63.2 Å². The van der Waals surface area contributed by atoms with Gasteiger partial charge in [-0.3, -0.25) is 14.9 Å². The Bertz CT molecular complexity index is 1630. The summed E-state index contributed by atoms with van der Waals surface area (Å²) in [5.41, 5.74) is 4.52. The molecule has 224 valence electrons. The van der Waals surface area contributed by atoms with Crippen LogP contribution in [0, 0.1) is 17.0 Å². The van der Waals surface area contributed by atoms with Crippen LogP contribution in [-0.2, 0) is 14.3 Å². The van der Waals surface area contributed by atoms with E-state index in [2.05, 4.69) is 21.2 Å². The molecular weight excluding hydrogens is 562 g/mol. The van der Waals surface area contributed by atoms with Crippen LogP contribution < -0.4 is 25.5 Å². The molecule has 0 bridgehead atoms. The van der Waals surface area contributed by atoms with Crippen molar-refractivity contribution >= 4 is 29.8 Å². The Morgan fingerprint density at radius 2 is 1.93 bits per heavy atom. The van der Waals surface area contributed by atoms with E-state index in [1.807, 2.05) is 0 Å². The van der Waals surface area contributed by atoms with Crippen LogP contribution in [0.5, 0.6) is 11.5 Å². The van der Waals surface area contributed by atoms with Gasteiger partial charge >= 0.3 is 12.0 Å². The standard InChI is InChI=1S/C29H29N5O9/c1-5-41-28(36)26-17(3)31-29(37)32-27(26)19-8-10-23(24(13-19)40-4)42-15-25(35)33-30-14-20-9-11-22(43-20)18-7-6-16(2)21(12-18)34(38)39/h6-14,27H,5,15H2,1-4H3,(H,33,35)(H2,31,32,37)/b30-14-/t27-/m1/s1. The molecule has 14 nitrogen and oxygen atoms in total. The van der Waals surface area contributed by atoms with Crippen LogP contribution in [-0.4, -0.2) is 49.4 Å². The maximum atomic E-state index is 12.6.